The molecule has 1 saturated heterocycles. The minimum absolute atomic E-state index is 0.171. The minimum atomic E-state index is -3.71. The van der Waals surface area contributed by atoms with E-state index in [1.165, 1.54) is 17.8 Å². The standard InChI is InChI=1S/C25H33F2N6O6PS/c1-14(2)37-21(34)15(3)32-40(41,39-17-10-8-7-9-11-17)36-12-25(27)22(35)24(5,26)23(38-25)33-13-29-18-19(28-6)30-16(4)31-20(18)33/h7-11,13-15,22-23,35H,12H2,1-6H3,(H,32,41)(H,28,30,31)/t15-,22-,23+,24+,25+,40-/m0/s1. The summed E-state index contributed by atoms with van der Waals surface area (Å²) < 4.78 is 55.8. The fraction of sp³-hybridized carbons (Fsp3) is 0.520. The third-order valence-corrected chi connectivity index (χ3v) is 8.69. The van der Waals surface area contributed by atoms with Crippen molar-refractivity contribution in [3.05, 3.63) is 42.5 Å². The van der Waals surface area contributed by atoms with Gasteiger partial charge in [0.1, 0.15) is 24.2 Å². The van der Waals surface area contributed by atoms with Gasteiger partial charge in [-0.2, -0.15) is 0 Å². The number of carbonyl (C=O) groups is 1. The predicted octanol–water partition coefficient (Wildman–Crippen LogP) is 3.71. The Morgan fingerprint density at radius 1 is 1.27 bits per heavy atom. The fourth-order valence-electron chi connectivity index (χ4n) is 4.24. The van der Waals surface area contributed by atoms with Gasteiger partial charge in [-0.15, -0.1) is 0 Å². The molecule has 16 heteroatoms. The number of aryl methyl sites for hydroxylation is 1. The summed E-state index contributed by atoms with van der Waals surface area (Å²) in [4.78, 5) is 25.2. The highest BCUT2D eigenvalue weighted by molar-refractivity contribution is 8.09. The molecule has 1 aliphatic rings. The van der Waals surface area contributed by atoms with E-state index in [2.05, 4.69) is 25.4 Å². The number of fused-ring (bicyclic) bond motifs is 1. The number of benzene rings is 1. The number of hydrogen-bond acceptors (Lipinski definition) is 11. The van der Waals surface area contributed by atoms with E-state index in [-0.39, 0.29) is 11.4 Å². The van der Waals surface area contributed by atoms with Gasteiger partial charge < -0.3 is 28.9 Å². The van der Waals surface area contributed by atoms with E-state index in [9.17, 15) is 9.90 Å². The van der Waals surface area contributed by atoms with Crippen LogP contribution in [0, 0.1) is 6.92 Å². The van der Waals surface area contributed by atoms with Gasteiger partial charge in [-0.3, -0.25) is 9.36 Å². The molecule has 3 aromatic rings. The number of nitrogens with one attached hydrogen (secondary N) is 2. The molecule has 6 atom stereocenters. The highest BCUT2D eigenvalue weighted by Gasteiger charge is 2.65. The van der Waals surface area contributed by atoms with E-state index in [0.29, 0.717) is 17.2 Å². The molecule has 0 unspecified atom stereocenters. The van der Waals surface area contributed by atoms with Crippen LogP contribution in [-0.4, -0.2) is 74.0 Å². The Bertz CT molecular complexity index is 1450. The summed E-state index contributed by atoms with van der Waals surface area (Å²) in [6.07, 6.45) is -3.16. The van der Waals surface area contributed by atoms with Crippen molar-refractivity contribution in [2.24, 2.45) is 0 Å². The van der Waals surface area contributed by atoms with Gasteiger partial charge >= 0.3 is 12.6 Å². The summed E-state index contributed by atoms with van der Waals surface area (Å²) in [5.74, 6) is -2.69. The molecule has 2 aromatic heterocycles. The molecular weight excluding hydrogens is 581 g/mol. The first-order valence-electron chi connectivity index (χ1n) is 12.8. The van der Waals surface area contributed by atoms with Gasteiger partial charge in [0.2, 0.25) is 0 Å². The Labute approximate surface area is 241 Å². The number of aliphatic hydroxyl groups is 1. The van der Waals surface area contributed by atoms with Crippen molar-refractivity contribution >= 4 is 41.4 Å². The van der Waals surface area contributed by atoms with E-state index in [4.69, 9.17) is 30.3 Å². The van der Waals surface area contributed by atoms with Crippen LogP contribution in [0.1, 0.15) is 39.7 Å². The molecule has 1 aliphatic heterocycles. The molecule has 12 nitrogen and oxygen atoms in total. The lowest BCUT2D eigenvalue weighted by Crippen LogP contribution is -2.47. The number of halogens is 2. The summed E-state index contributed by atoms with van der Waals surface area (Å²) in [6.45, 7) is 2.74. The van der Waals surface area contributed by atoms with Crippen molar-refractivity contribution in [3.8, 4) is 5.75 Å². The van der Waals surface area contributed by atoms with E-state index < -0.39 is 55.2 Å². The summed E-state index contributed by atoms with van der Waals surface area (Å²) >= 11 is 5.60. The number of carbonyl (C=O) groups excluding carboxylic acids is 1. The van der Waals surface area contributed by atoms with E-state index in [1.54, 1.807) is 58.2 Å². The van der Waals surface area contributed by atoms with Crippen LogP contribution in [0.2, 0.25) is 0 Å². The van der Waals surface area contributed by atoms with Gasteiger partial charge in [-0.25, -0.2) is 28.8 Å². The van der Waals surface area contributed by atoms with Gasteiger partial charge in [0.05, 0.1) is 12.4 Å². The molecule has 3 N–H and O–H groups in total. The van der Waals surface area contributed by atoms with Crippen molar-refractivity contribution in [3.63, 3.8) is 0 Å². The first-order valence-corrected chi connectivity index (χ1v) is 15.4. The van der Waals surface area contributed by atoms with Crippen molar-refractivity contribution in [2.75, 3.05) is 19.0 Å². The first-order chi connectivity index (χ1) is 19.2. The molecule has 1 aromatic carbocycles. The minimum Gasteiger partial charge on any atom is -0.462 e. The lowest BCUT2D eigenvalue weighted by molar-refractivity contribution is -0.202. The van der Waals surface area contributed by atoms with Crippen molar-refractivity contribution in [1.82, 2.24) is 24.6 Å². The van der Waals surface area contributed by atoms with Crippen LogP contribution >= 0.6 is 6.64 Å². The molecule has 41 heavy (non-hydrogen) atoms. The number of imidazole rings is 1. The second-order valence-corrected chi connectivity index (χ2v) is 13.2. The molecule has 0 amide bonds. The number of para-hydroxylation sites is 1. The molecule has 224 valence electrons. The molecule has 4 rings (SSSR count). The quantitative estimate of drug-likeness (QED) is 0.214. The van der Waals surface area contributed by atoms with E-state index in [1.807, 2.05) is 0 Å². The predicted molar refractivity (Wildman–Crippen MR) is 150 cm³/mol. The van der Waals surface area contributed by atoms with Crippen molar-refractivity contribution in [2.45, 2.75) is 70.6 Å². The Morgan fingerprint density at radius 2 is 1.95 bits per heavy atom. The normalized spacial score (nSPS) is 26.6. The molecule has 0 spiro atoms. The van der Waals surface area contributed by atoms with Crippen LogP contribution in [0.15, 0.2) is 36.7 Å². The van der Waals surface area contributed by atoms with Crippen LogP contribution in [0.3, 0.4) is 0 Å². The smallest absolute Gasteiger partial charge is 0.323 e. The maximum atomic E-state index is 16.3. The average Bonchev–Trinajstić information content (AvgIpc) is 3.39. The third-order valence-electron chi connectivity index (χ3n) is 6.21. The van der Waals surface area contributed by atoms with Crippen LogP contribution < -0.4 is 14.9 Å². The summed E-state index contributed by atoms with van der Waals surface area (Å²) in [6, 6.07) is 7.31. The molecule has 1 fully saturated rings. The maximum absolute atomic E-state index is 16.3. The highest BCUT2D eigenvalue weighted by atomic mass is 32.5. The van der Waals surface area contributed by atoms with Gasteiger partial charge in [0.25, 0.3) is 5.85 Å². The summed E-state index contributed by atoms with van der Waals surface area (Å²) in [7, 11) is 1.64. The van der Waals surface area contributed by atoms with Gasteiger partial charge in [-0.1, -0.05) is 18.2 Å². The molecule has 3 heterocycles. The zero-order valence-corrected chi connectivity index (χ0v) is 25.1. The van der Waals surface area contributed by atoms with Crippen LogP contribution in [-0.2, 0) is 30.6 Å². The number of ether oxygens (including phenoxy) is 2. The van der Waals surface area contributed by atoms with E-state index in [0.717, 1.165) is 6.92 Å². The van der Waals surface area contributed by atoms with Gasteiger partial charge in [0, 0.05) is 7.05 Å². The van der Waals surface area contributed by atoms with Crippen molar-refractivity contribution < 1.29 is 37.2 Å². The number of alkyl halides is 2. The maximum Gasteiger partial charge on any atom is 0.323 e. The SMILES string of the molecule is CNc1nc(C)nc2c1ncn2[C@@H]1O[C@](F)(CO[P@@](=S)(N[C@@H](C)C(=O)OC(C)C)Oc2ccccc2)[C@@H](O)[C@@]1(C)F. The number of anilines is 1. The number of rotatable bonds is 11. The second-order valence-electron chi connectivity index (χ2n) is 10.0. The second kappa shape index (κ2) is 11.8. The molecule has 0 radical (unpaired) electrons. The number of aliphatic hydroxyl groups excluding tert-OH is 1. The number of hydrogen-bond donors (Lipinski definition) is 3. The summed E-state index contributed by atoms with van der Waals surface area (Å²) in [5, 5.41) is 16.5. The zero-order chi connectivity index (χ0) is 30.2. The largest absolute Gasteiger partial charge is 0.462 e. The number of nitrogens with zero attached hydrogens (tertiary/aromatic N) is 4. The zero-order valence-electron chi connectivity index (χ0n) is 23.4. The monoisotopic (exact) mass is 614 g/mol. The first kappa shape index (κ1) is 31.1. The molecule has 0 aliphatic carbocycles. The van der Waals surface area contributed by atoms with Crippen LogP contribution in [0.25, 0.3) is 11.2 Å². The Morgan fingerprint density at radius 3 is 2.59 bits per heavy atom. The fourth-order valence-corrected chi connectivity index (χ4v) is 6.64. The Hall–Kier alpha value is -2.81. The van der Waals surface area contributed by atoms with Gasteiger partial charge in [-0.05, 0) is 58.6 Å². The van der Waals surface area contributed by atoms with Gasteiger partial charge in [0.15, 0.2) is 35.0 Å². The average molecular weight is 615 g/mol. The van der Waals surface area contributed by atoms with E-state index >= 15 is 8.78 Å². The van der Waals surface area contributed by atoms with Crippen molar-refractivity contribution in [1.29, 1.82) is 0 Å². The van der Waals surface area contributed by atoms with Crippen LogP contribution in [0.5, 0.6) is 5.75 Å². The number of aromatic nitrogens is 4. The molecular formula is C25H33F2N6O6PS. The highest BCUT2D eigenvalue weighted by Crippen LogP contribution is 2.52. The third kappa shape index (κ3) is 6.50. The lowest BCUT2D eigenvalue weighted by atomic mass is 9.97. The Balaban J connectivity index is 1.61. The topological polar surface area (TPSA) is 142 Å². The number of esters is 1. The summed E-state index contributed by atoms with van der Waals surface area (Å²) in [5.41, 5.74) is -2.18. The molecule has 0 bridgehead atoms. The Kier molecular flexibility index (Phi) is 8.98. The van der Waals surface area contributed by atoms with Crippen LogP contribution in [0.4, 0.5) is 14.6 Å². The molecule has 0 saturated carbocycles. The lowest BCUT2D eigenvalue weighted by Gasteiger charge is -2.30.